The minimum atomic E-state index is -0.795. The summed E-state index contributed by atoms with van der Waals surface area (Å²) in [5.41, 5.74) is 4.71. The van der Waals surface area contributed by atoms with Gasteiger partial charge in [0, 0.05) is 11.8 Å². The fraction of sp³-hybridized carbons (Fsp3) is 0.125. The highest BCUT2D eigenvalue weighted by atomic mass is 79.9. The van der Waals surface area contributed by atoms with Crippen molar-refractivity contribution in [2.24, 2.45) is 0 Å². The molecule has 0 heterocycles. The van der Waals surface area contributed by atoms with E-state index in [1.54, 1.807) is 0 Å². The largest absolute Gasteiger partial charge is 0.502 e. The lowest BCUT2D eigenvalue weighted by molar-refractivity contribution is -0.385. The van der Waals surface area contributed by atoms with E-state index in [0.29, 0.717) is 0 Å². The van der Waals surface area contributed by atoms with Crippen LogP contribution in [0.2, 0.25) is 0 Å². The Morgan fingerprint density at radius 3 is 2.67 bits per heavy atom. The van der Waals surface area contributed by atoms with Crippen molar-refractivity contribution in [1.29, 1.82) is 0 Å². The first kappa shape index (κ1) is 11.4. The maximum Gasteiger partial charge on any atom is 0.313 e. The topological polar surface area (TPSA) is 106 Å². The number of nitrogens with zero attached hydrogens (tertiary/aromatic N) is 1. The predicted octanol–water partition coefficient (Wildman–Crippen LogP) is 1.46. The summed E-state index contributed by atoms with van der Waals surface area (Å²) >= 11 is 2.90. The first-order valence-corrected chi connectivity index (χ1v) is 4.95. The van der Waals surface area contributed by atoms with Gasteiger partial charge in [0.05, 0.1) is 15.8 Å². The van der Waals surface area contributed by atoms with Crippen LogP contribution in [0.15, 0.2) is 12.1 Å². The van der Waals surface area contributed by atoms with Crippen molar-refractivity contribution in [3.05, 3.63) is 27.8 Å². The monoisotopic (exact) mass is 274 g/mol. The van der Waals surface area contributed by atoms with Gasteiger partial charge in [-0.25, -0.2) is 0 Å². The summed E-state index contributed by atoms with van der Waals surface area (Å²) < 4.78 is 0. The smallest absolute Gasteiger partial charge is 0.313 e. The fourth-order valence-corrected chi connectivity index (χ4v) is 1.37. The summed E-state index contributed by atoms with van der Waals surface area (Å²) in [5.74, 6) is -1.12. The molecule has 3 N–H and O–H groups in total. The third kappa shape index (κ3) is 2.24. The van der Waals surface area contributed by atoms with Crippen LogP contribution in [-0.2, 0) is 0 Å². The number of carbonyl (C=O) groups is 1. The highest BCUT2D eigenvalue weighted by molar-refractivity contribution is 9.09. The molecule has 80 valence electrons. The third-order valence-corrected chi connectivity index (χ3v) is 2.24. The number of carbonyl (C=O) groups excluding carboxylic acids is 1. The number of Topliss-reactive ketones (excluding diaryl/α,β-unsaturated/α-hetero) is 1. The molecule has 7 heteroatoms. The van der Waals surface area contributed by atoms with Crippen molar-refractivity contribution in [1.82, 2.24) is 0 Å². The van der Waals surface area contributed by atoms with E-state index < -0.39 is 22.1 Å². The summed E-state index contributed by atoms with van der Waals surface area (Å²) in [7, 11) is 0. The standard InChI is InChI=1S/C8H7BrN2O4/c9-3-7(12)5-1-4(10)2-6(8(5)13)11(14)15/h1-2,13H,3,10H2. The maximum atomic E-state index is 11.3. The van der Waals surface area contributed by atoms with E-state index in [-0.39, 0.29) is 16.6 Å². The van der Waals surface area contributed by atoms with Crippen LogP contribution in [-0.4, -0.2) is 21.1 Å². The van der Waals surface area contributed by atoms with Crippen LogP contribution in [0.3, 0.4) is 0 Å². The van der Waals surface area contributed by atoms with Crippen molar-refractivity contribution >= 4 is 33.1 Å². The van der Waals surface area contributed by atoms with Crippen LogP contribution >= 0.6 is 15.9 Å². The number of hydrogen-bond acceptors (Lipinski definition) is 5. The molecule has 0 spiro atoms. The summed E-state index contributed by atoms with van der Waals surface area (Å²) in [6.45, 7) is 0. The number of anilines is 1. The molecular weight excluding hydrogens is 268 g/mol. The molecule has 6 nitrogen and oxygen atoms in total. The van der Waals surface area contributed by atoms with Gasteiger partial charge in [-0.3, -0.25) is 14.9 Å². The van der Waals surface area contributed by atoms with Gasteiger partial charge >= 0.3 is 5.69 Å². The molecule has 0 unspecified atom stereocenters. The predicted molar refractivity (Wildman–Crippen MR) is 57.3 cm³/mol. The van der Waals surface area contributed by atoms with Gasteiger partial charge < -0.3 is 10.8 Å². The van der Waals surface area contributed by atoms with E-state index >= 15 is 0 Å². The number of phenolic OH excluding ortho intramolecular Hbond substituents is 1. The van der Waals surface area contributed by atoms with Gasteiger partial charge in [0.2, 0.25) is 5.75 Å². The first-order chi connectivity index (χ1) is 6.97. The van der Waals surface area contributed by atoms with Crippen molar-refractivity contribution in [2.45, 2.75) is 0 Å². The van der Waals surface area contributed by atoms with Crippen LogP contribution < -0.4 is 5.73 Å². The normalized spacial score (nSPS) is 9.93. The summed E-state index contributed by atoms with van der Waals surface area (Å²) in [5, 5.41) is 19.9. The Morgan fingerprint density at radius 1 is 1.60 bits per heavy atom. The first-order valence-electron chi connectivity index (χ1n) is 3.83. The number of rotatable bonds is 3. The number of halogens is 1. The Morgan fingerprint density at radius 2 is 2.20 bits per heavy atom. The van der Waals surface area contributed by atoms with Gasteiger partial charge in [-0.15, -0.1) is 0 Å². The van der Waals surface area contributed by atoms with Crippen molar-refractivity contribution in [3.63, 3.8) is 0 Å². The van der Waals surface area contributed by atoms with E-state index in [1.165, 1.54) is 6.07 Å². The Bertz CT molecular complexity index is 433. The molecular formula is C8H7BrN2O4. The highest BCUT2D eigenvalue weighted by Gasteiger charge is 2.21. The van der Waals surface area contributed by atoms with Crippen molar-refractivity contribution < 1.29 is 14.8 Å². The molecule has 0 bridgehead atoms. The molecule has 0 fully saturated rings. The second kappa shape index (κ2) is 4.26. The van der Waals surface area contributed by atoms with E-state index in [9.17, 15) is 20.0 Å². The molecule has 0 aliphatic heterocycles. The Hall–Kier alpha value is -1.63. The number of aromatic hydroxyl groups is 1. The average Bonchev–Trinajstić information content (AvgIpc) is 2.19. The number of nitrogen functional groups attached to an aromatic ring is 1. The number of alkyl halides is 1. The maximum absolute atomic E-state index is 11.3. The zero-order valence-corrected chi connectivity index (χ0v) is 9.02. The summed E-state index contributed by atoms with van der Waals surface area (Å²) in [6.07, 6.45) is 0. The molecule has 0 aromatic heterocycles. The van der Waals surface area contributed by atoms with Crippen molar-refractivity contribution in [3.8, 4) is 5.75 Å². The van der Waals surface area contributed by atoms with Gasteiger partial charge in [0.1, 0.15) is 0 Å². The molecule has 0 radical (unpaired) electrons. The molecule has 15 heavy (non-hydrogen) atoms. The van der Waals surface area contributed by atoms with E-state index in [1.807, 2.05) is 0 Å². The lowest BCUT2D eigenvalue weighted by Crippen LogP contribution is -2.03. The molecule has 0 aliphatic rings. The Kier molecular flexibility index (Phi) is 3.25. The number of nitrogens with two attached hydrogens (primary N) is 1. The lowest BCUT2D eigenvalue weighted by Gasteiger charge is -2.03. The minimum absolute atomic E-state index is 0.0405. The van der Waals surface area contributed by atoms with Gasteiger partial charge in [-0.1, -0.05) is 15.9 Å². The van der Waals surface area contributed by atoms with Crippen LogP contribution in [0.25, 0.3) is 0 Å². The van der Waals surface area contributed by atoms with Crippen LogP contribution in [0.1, 0.15) is 10.4 Å². The van der Waals surface area contributed by atoms with E-state index in [4.69, 9.17) is 5.73 Å². The molecule has 1 rings (SSSR count). The van der Waals surface area contributed by atoms with Crippen molar-refractivity contribution in [2.75, 3.05) is 11.1 Å². The quantitative estimate of drug-likeness (QED) is 0.217. The SMILES string of the molecule is Nc1cc(C(=O)CBr)c(O)c([N+](=O)[O-])c1. The second-order valence-corrected chi connectivity index (χ2v) is 3.31. The Balaban J connectivity index is 3.41. The number of phenols is 1. The third-order valence-electron chi connectivity index (χ3n) is 1.73. The average molecular weight is 275 g/mol. The molecule has 1 aromatic carbocycles. The molecule has 0 saturated carbocycles. The van der Waals surface area contributed by atoms with Gasteiger partial charge in [-0.05, 0) is 6.07 Å². The van der Waals surface area contributed by atoms with E-state index in [2.05, 4.69) is 15.9 Å². The van der Waals surface area contributed by atoms with E-state index in [0.717, 1.165) is 6.07 Å². The summed E-state index contributed by atoms with van der Waals surface area (Å²) in [6, 6.07) is 2.20. The number of hydrogen-bond donors (Lipinski definition) is 2. The molecule has 0 amide bonds. The molecule has 0 atom stereocenters. The van der Waals surface area contributed by atoms with Gasteiger partial charge in [-0.2, -0.15) is 0 Å². The molecule has 1 aromatic rings. The number of nitro groups is 1. The zero-order valence-electron chi connectivity index (χ0n) is 7.44. The zero-order chi connectivity index (χ0) is 11.6. The lowest BCUT2D eigenvalue weighted by atomic mass is 10.1. The second-order valence-electron chi connectivity index (χ2n) is 2.75. The van der Waals surface area contributed by atoms with Gasteiger partial charge in [0.15, 0.2) is 5.78 Å². The van der Waals surface area contributed by atoms with Crippen LogP contribution in [0.4, 0.5) is 11.4 Å². The van der Waals surface area contributed by atoms with Crippen LogP contribution in [0.5, 0.6) is 5.75 Å². The number of benzene rings is 1. The van der Waals surface area contributed by atoms with Crippen LogP contribution in [0, 0.1) is 10.1 Å². The Labute approximate surface area is 93.0 Å². The molecule has 0 aliphatic carbocycles. The minimum Gasteiger partial charge on any atom is -0.502 e. The highest BCUT2D eigenvalue weighted by Crippen LogP contribution is 2.32. The number of nitro benzene ring substituents is 1. The molecule has 0 saturated heterocycles. The fourth-order valence-electron chi connectivity index (χ4n) is 1.06. The number of ketones is 1. The summed E-state index contributed by atoms with van der Waals surface area (Å²) in [4.78, 5) is 21.0. The van der Waals surface area contributed by atoms with Gasteiger partial charge in [0.25, 0.3) is 0 Å².